The number of benzene rings is 1. The van der Waals surface area contributed by atoms with Crippen molar-refractivity contribution in [3.8, 4) is 0 Å². The van der Waals surface area contributed by atoms with Crippen molar-refractivity contribution in [3.05, 3.63) is 47.2 Å². The van der Waals surface area contributed by atoms with Gasteiger partial charge >= 0.3 is 0 Å². The van der Waals surface area contributed by atoms with Crippen LogP contribution in [0.2, 0.25) is 5.02 Å². The van der Waals surface area contributed by atoms with Crippen LogP contribution in [0.4, 0.5) is 5.69 Å². The number of anilines is 1. The van der Waals surface area contributed by atoms with Gasteiger partial charge in [0, 0.05) is 56.1 Å². The van der Waals surface area contributed by atoms with E-state index in [0.29, 0.717) is 37.6 Å². The fourth-order valence-electron chi connectivity index (χ4n) is 3.19. The number of aromatic nitrogens is 2. The lowest BCUT2D eigenvalue weighted by Gasteiger charge is -2.34. The van der Waals surface area contributed by atoms with E-state index in [1.54, 1.807) is 36.0 Å². The molecule has 0 aliphatic carbocycles. The highest BCUT2D eigenvalue weighted by atomic mass is 127. The summed E-state index contributed by atoms with van der Waals surface area (Å²) in [6.07, 6.45) is 4.91. The zero-order chi connectivity index (χ0) is 20.6. The average Bonchev–Trinajstić information content (AvgIpc) is 3.16. The molecule has 1 atom stereocenters. The van der Waals surface area contributed by atoms with Crippen molar-refractivity contribution in [1.82, 2.24) is 20.0 Å². The van der Waals surface area contributed by atoms with Crippen LogP contribution in [-0.2, 0) is 16.6 Å². The van der Waals surface area contributed by atoms with Gasteiger partial charge in [-0.2, -0.15) is 5.10 Å². The van der Waals surface area contributed by atoms with Gasteiger partial charge in [-0.1, -0.05) is 11.6 Å². The van der Waals surface area contributed by atoms with Crippen LogP contribution in [0.5, 0.6) is 0 Å². The average molecular weight is 547 g/mol. The second-order valence-electron chi connectivity index (χ2n) is 6.89. The lowest BCUT2D eigenvalue weighted by atomic mass is 10.1. The van der Waals surface area contributed by atoms with Gasteiger partial charge in [0.15, 0.2) is 5.96 Å². The van der Waals surface area contributed by atoms with Gasteiger partial charge in [-0.05, 0) is 30.7 Å². The summed E-state index contributed by atoms with van der Waals surface area (Å²) < 4.78 is 7.66. The van der Waals surface area contributed by atoms with Crippen LogP contribution in [0, 0.1) is 0 Å². The van der Waals surface area contributed by atoms with Gasteiger partial charge in [-0.3, -0.25) is 14.5 Å². The SMILES string of the molecule is CN=C(NCCCC(=O)Nc1ccc(Cl)cc1)N1CCOC(c2cnn(C)c2)C1.I. The molecule has 0 radical (unpaired) electrons. The van der Waals surface area contributed by atoms with Crippen LogP contribution < -0.4 is 10.6 Å². The number of carbonyl (C=O) groups excluding carboxylic acids is 1. The van der Waals surface area contributed by atoms with Crippen molar-refractivity contribution < 1.29 is 9.53 Å². The molecule has 1 aliphatic rings. The number of guanidine groups is 1. The Morgan fingerprint density at radius 3 is 2.80 bits per heavy atom. The van der Waals surface area contributed by atoms with Crippen molar-refractivity contribution in [2.75, 3.05) is 38.6 Å². The van der Waals surface area contributed by atoms with E-state index in [-0.39, 0.29) is 36.0 Å². The van der Waals surface area contributed by atoms with Gasteiger partial charge in [-0.25, -0.2) is 0 Å². The molecular weight excluding hydrogens is 519 g/mol. The highest BCUT2D eigenvalue weighted by molar-refractivity contribution is 14.0. The maximum Gasteiger partial charge on any atom is 0.224 e. The Bertz CT molecular complexity index is 842. The van der Waals surface area contributed by atoms with Gasteiger partial charge in [0.2, 0.25) is 5.91 Å². The Morgan fingerprint density at radius 2 is 2.13 bits per heavy atom. The Labute approximate surface area is 199 Å². The van der Waals surface area contributed by atoms with Crippen LogP contribution >= 0.6 is 35.6 Å². The molecule has 3 rings (SSSR count). The molecule has 2 N–H and O–H groups in total. The topological polar surface area (TPSA) is 83.8 Å². The summed E-state index contributed by atoms with van der Waals surface area (Å²) in [5.41, 5.74) is 1.81. The molecule has 10 heteroatoms. The van der Waals surface area contributed by atoms with Crippen LogP contribution in [0.3, 0.4) is 0 Å². The summed E-state index contributed by atoms with van der Waals surface area (Å²) in [5.74, 6) is 0.799. The van der Waals surface area contributed by atoms with E-state index in [9.17, 15) is 4.79 Å². The molecule has 0 bridgehead atoms. The molecule has 30 heavy (non-hydrogen) atoms. The van der Waals surface area contributed by atoms with Crippen molar-refractivity contribution in [1.29, 1.82) is 0 Å². The maximum absolute atomic E-state index is 12.1. The van der Waals surface area contributed by atoms with Gasteiger partial charge in [0.1, 0.15) is 6.10 Å². The van der Waals surface area contributed by atoms with Crippen molar-refractivity contribution >= 4 is 53.1 Å². The predicted molar refractivity (Wildman–Crippen MR) is 130 cm³/mol. The van der Waals surface area contributed by atoms with E-state index in [1.165, 1.54) is 0 Å². The standard InChI is InChI=1S/C20H27ClN6O2.HI/c1-22-20(27-10-11-29-18(14-27)15-12-24-26(2)13-15)23-9-3-4-19(28)25-17-7-5-16(21)6-8-17;/h5-8,12-13,18H,3-4,9-11,14H2,1-2H3,(H,22,23)(H,25,28);1H. The summed E-state index contributed by atoms with van der Waals surface area (Å²) in [5, 5.41) is 11.1. The Balaban J connectivity index is 0.00000320. The van der Waals surface area contributed by atoms with E-state index < -0.39 is 0 Å². The molecule has 2 heterocycles. The Hall–Kier alpha value is -1.85. The van der Waals surface area contributed by atoms with E-state index >= 15 is 0 Å². The number of nitrogens with one attached hydrogen (secondary N) is 2. The van der Waals surface area contributed by atoms with E-state index in [0.717, 1.165) is 23.8 Å². The Kier molecular flexibility index (Phi) is 9.86. The van der Waals surface area contributed by atoms with E-state index in [1.807, 2.05) is 19.4 Å². The summed E-state index contributed by atoms with van der Waals surface area (Å²) >= 11 is 5.85. The summed E-state index contributed by atoms with van der Waals surface area (Å²) in [4.78, 5) is 18.6. The fraction of sp³-hybridized carbons (Fsp3) is 0.450. The predicted octanol–water partition coefficient (Wildman–Crippen LogP) is 3.06. The monoisotopic (exact) mass is 546 g/mol. The molecule has 164 valence electrons. The van der Waals surface area contributed by atoms with Gasteiger partial charge in [-0.15, -0.1) is 24.0 Å². The first-order valence-electron chi connectivity index (χ1n) is 9.66. The number of rotatable bonds is 6. The highest BCUT2D eigenvalue weighted by Gasteiger charge is 2.25. The van der Waals surface area contributed by atoms with Crippen molar-refractivity contribution in [3.63, 3.8) is 0 Å². The second kappa shape index (κ2) is 12.1. The van der Waals surface area contributed by atoms with Crippen LogP contribution in [-0.4, -0.2) is 59.8 Å². The molecule has 0 saturated carbocycles. The molecule has 1 unspecified atom stereocenters. The first kappa shape index (κ1) is 24.4. The minimum absolute atomic E-state index is 0. The first-order valence-corrected chi connectivity index (χ1v) is 10.0. The largest absolute Gasteiger partial charge is 0.370 e. The molecule has 8 nitrogen and oxygen atoms in total. The normalized spacial score (nSPS) is 16.7. The van der Waals surface area contributed by atoms with E-state index in [4.69, 9.17) is 16.3 Å². The van der Waals surface area contributed by atoms with Crippen LogP contribution in [0.15, 0.2) is 41.7 Å². The number of nitrogens with zero attached hydrogens (tertiary/aromatic N) is 4. The van der Waals surface area contributed by atoms with Crippen LogP contribution in [0.1, 0.15) is 24.5 Å². The minimum Gasteiger partial charge on any atom is -0.370 e. The molecule has 1 aliphatic heterocycles. The molecule has 2 aromatic rings. The molecule has 1 saturated heterocycles. The molecule has 1 aromatic carbocycles. The number of hydrogen-bond donors (Lipinski definition) is 2. The summed E-state index contributed by atoms with van der Waals surface area (Å²) in [6, 6.07) is 7.09. The lowest BCUT2D eigenvalue weighted by Crippen LogP contribution is -2.48. The zero-order valence-corrected chi connectivity index (χ0v) is 20.3. The van der Waals surface area contributed by atoms with Gasteiger partial charge < -0.3 is 20.3 Å². The van der Waals surface area contributed by atoms with Crippen LogP contribution in [0.25, 0.3) is 0 Å². The number of hydrogen-bond acceptors (Lipinski definition) is 4. The third-order valence-corrected chi connectivity index (χ3v) is 4.92. The fourth-order valence-corrected chi connectivity index (χ4v) is 3.31. The third-order valence-electron chi connectivity index (χ3n) is 4.67. The number of carbonyl (C=O) groups is 1. The summed E-state index contributed by atoms with van der Waals surface area (Å²) in [6.45, 7) is 2.77. The van der Waals surface area contributed by atoms with Gasteiger partial charge in [0.05, 0.1) is 19.3 Å². The molecule has 1 aromatic heterocycles. The molecule has 0 spiro atoms. The molecule has 1 amide bonds. The lowest BCUT2D eigenvalue weighted by molar-refractivity contribution is -0.116. The van der Waals surface area contributed by atoms with Gasteiger partial charge in [0.25, 0.3) is 0 Å². The number of aryl methyl sites for hydroxylation is 1. The summed E-state index contributed by atoms with van der Waals surface area (Å²) in [7, 11) is 3.66. The maximum atomic E-state index is 12.1. The van der Waals surface area contributed by atoms with Crippen molar-refractivity contribution in [2.45, 2.75) is 18.9 Å². The molecular formula is C20H28ClIN6O2. The smallest absolute Gasteiger partial charge is 0.224 e. The van der Waals surface area contributed by atoms with E-state index in [2.05, 4.69) is 25.6 Å². The number of ether oxygens (including phenoxy) is 1. The molecule has 1 fully saturated rings. The highest BCUT2D eigenvalue weighted by Crippen LogP contribution is 2.21. The third kappa shape index (κ3) is 7.13. The van der Waals surface area contributed by atoms with Crippen molar-refractivity contribution in [2.24, 2.45) is 12.0 Å². The quantitative estimate of drug-likeness (QED) is 0.252. The second-order valence-corrected chi connectivity index (χ2v) is 7.32. The number of amides is 1. The number of aliphatic imine (C=N–C) groups is 1. The zero-order valence-electron chi connectivity index (χ0n) is 17.2. The minimum atomic E-state index is -0.0267. The first-order chi connectivity index (χ1) is 14.0. The Morgan fingerprint density at radius 1 is 1.37 bits per heavy atom. The number of halogens is 2. The number of morpholine rings is 1.